The predicted molar refractivity (Wildman–Crippen MR) is 94.0 cm³/mol. The number of likely N-dealkylation sites (tertiary alicyclic amines) is 1. The fourth-order valence-electron chi connectivity index (χ4n) is 3.14. The Labute approximate surface area is 141 Å². The van der Waals surface area contributed by atoms with Gasteiger partial charge in [0.25, 0.3) is 5.91 Å². The molecule has 1 fully saturated rings. The molecule has 122 valence electrons. The molecule has 1 aromatic carbocycles. The number of aryl methyl sites for hydroxylation is 2. The molecule has 1 saturated heterocycles. The maximum atomic E-state index is 12.8. The molecule has 1 aliphatic rings. The summed E-state index contributed by atoms with van der Waals surface area (Å²) in [5.74, 6) is 0.841. The molecule has 0 saturated carbocycles. The number of hydrogen-bond acceptors (Lipinski definition) is 3. The summed E-state index contributed by atoms with van der Waals surface area (Å²) in [5, 5.41) is 0. The van der Waals surface area contributed by atoms with Crippen LogP contribution in [0.25, 0.3) is 0 Å². The van der Waals surface area contributed by atoms with Crippen molar-refractivity contribution in [2.45, 2.75) is 45.8 Å². The molecule has 2 atom stereocenters. The molecule has 1 aromatic heterocycles. The Morgan fingerprint density at radius 3 is 2.83 bits per heavy atom. The quantitative estimate of drug-likeness (QED) is 0.827. The first-order chi connectivity index (χ1) is 11.0. The number of rotatable bonds is 4. The molecule has 2 unspecified atom stereocenters. The summed E-state index contributed by atoms with van der Waals surface area (Å²) < 4.78 is 5.87. The van der Waals surface area contributed by atoms with Gasteiger partial charge in [-0.05, 0) is 63.4 Å². The Balaban J connectivity index is 1.71. The Morgan fingerprint density at radius 1 is 1.30 bits per heavy atom. The van der Waals surface area contributed by atoms with Gasteiger partial charge in [-0.1, -0.05) is 12.1 Å². The topological polar surface area (TPSA) is 29.5 Å². The highest BCUT2D eigenvalue weighted by Crippen LogP contribution is 2.36. The summed E-state index contributed by atoms with van der Waals surface area (Å²) in [5.41, 5.74) is 1.13. The van der Waals surface area contributed by atoms with Crippen molar-refractivity contribution in [2.24, 2.45) is 0 Å². The third-order valence-corrected chi connectivity index (χ3v) is 5.38. The van der Waals surface area contributed by atoms with E-state index in [1.165, 1.54) is 9.75 Å². The molecular weight excluding hydrogens is 306 g/mol. The van der Waals surface area contributed by atoms with Gasteiger partial charge in [0, 0.05) is 16.3 Å². The molecule has 1 amide bonds. The summed E-state index contributed by atoms with van der Waals surface area (Å²) in [6.45, 7) is 6.80. The molecule has 0 aliphatic carbocycles. The normalized spacial score (nSPS) is 18.9. The second-order valence-corrected chi connectivity index (χ2v) is 7.53. The van der Waals surface area contributed by atoms with Crippen molar-refractivity contribution >= 4 is 17.2 Å². The van der Waals surface area contributed by atoms with E-state index in [2.05, 4.69) is 19.1 Å². The first-order valence-corrected chi connectivity index (χ1v) is 8.96. The predicted octanol–water partition coefficient (Wildman–Crippen LogP) is 4.50. The Hall–Kier alpha value is -1.81. The van der Waals surface area contributed by atoms with Gasteiger partial charge in [0.2, 0.25) is 0 Å². The lowest BCUT2D eigenvalue weighted by Gasteiger charge is -2.27. The number of hydrogen-bond donors (Lipinski definition) is 0. The standard InChI is InChI=1S/C19H23NO2S/c1-13-6-4-7-16(12-13)22-15(3)19(21)20-11-5-8-17(20)18-10-9-14(2)23-18/h4,6-7,9-10,12,15,17H,5,8,11H2,1-3H3. The molecule has 0 radical (unpaired) electrons. The van der Waals surface area contributed by atoms with Gasteiger partial charge in [-0.25, -0.2) is 0 Å². The zero-order valence-electron chi connectivity index (χ0n) is 13.9. The van der Waals surface area contributed by atoms with Crippen molar-refractivity contribution in [3.8, 4) is 5.75 Å². The van der Waals surface area contributed by atoms with Crippen LogP contribution < -0.4 is 4.74 Å². The van der Waals surface area contributed by atoms with Crippen LogP contribution in [-0.2, 0) is 4.79 Å². The molecule has 2 heterocycles. The Morgan fingerprint density at radius 2 is 2.13 bits per heavy atom. The van der Waals surface area contributed by atoms with Crippen molar-refractivity contribution in [2.75, 3.05) is 6.54 Å². The van der Waals surface area contributed by atoms with Crippen molar-refractivity contribution in [1.82, 2.24) is 4.90 Å². The van der Waals surface area contributed by atoms with Crippen LogP contribution in [0.1, 0.15) is 41.1 Å². The van der Waals surface area contributed by atoms with E-state index in [1.54, 1.807) is 11.3 Å². The molecule has 23 heavy (non-hydrogen) atoms. The van der Waals surface area contributed by atoms with E-state index >= 15 is 0 Å². The summed E-state index contributed by atoms with van der Waals surface area (Å²) in [6.07, 6.45) is 1.64. The van der Waals surface area contributed by atoms with Gasteiger partial charge in [0.1, 0.15) is 5.75 Å². The number of thiophene rings is 1. The summed E-state index contributed by atoms with van der Waals surface area (Å²) >= 11 is 1.79. The minimum Gasteiger partial charge on any atom is -0.481 e. The minimum absolute atomic E-state index is 0.0834. The van der Waals surface area contributed by atoms with Crippen LogP contribution in [0, 0.1) is 13.8 Å². The smallest absolute Gasteiger partial charge is 0.263 e. The van der Waals surface area contributed by atoms with Crippen LogP contribution >= 0.6 is 11.3 Å². The molecule has 2 aromatic rings. The van der Waals surface area contributed by atoms with Crippen LogP contribution in [0.4, 0.5) is 0 Å². The first-order valence-electron chi connectivity index (χ1n) is 8.15. The van der Waals surface area contributed by atoms with Gasteiger partial charge in [0.05, 0.1) is 6.04 Å². The summed E-state index contributed by atoms with van der Waals surface area (Å²) in [6, 6.07) is 12.3. The molecule has 1 aliphatic heterocycles. The fraction of sp³-hybridized carbons (Fsp3) is 0.421. The molecule has 0 bridgehead atoms. The molecule has 3 nitrogen and oxygen atoms in total. The minimum atomic E-state index is -0.460. The highest BCUT2D eigenvalue weighted by Gasteiger charge is 2.33. The van der Waals surface area contributed by atoms with Crippen molar-refractivity contribution < 1.29 is 9.53 Å². The number of amides is 1. The van der Waals surface area contributed by atoms with Crippen LogP contribution in [0.5, 0.6) is 5.75 Å². The van der Waals surface area contributed by atoms with Gasteiger partial charge in [-0.3, -0.25) is 4.79 Å². The lowest BCUT2D eigenvalue weighted by molar-refractivity contribution is -0.138. The largest absolute Gasteiger partial charge is 0.481 e. The maximum absolute atomic E-state index is 12.8. The second-order valence-electron chi connectivity index (χ2n) is 6.21. The van der Waals surface area contributed by atoms with Crippen LogP contribution in [0.15, 0.2) is 36.4 Å². The molecule has 4 heteroatoms. The van der Waals surface area contributed by atoms with Gasteiger partial charge in [0.15, 0.2) is 6.10 Å². The van der Waals surface area contributed by atoms with E-state index in [4.69, 9.17) is 4.74 Å². The summed E-state index contributed by atoms with van der Waals surface area (Å²) in [7, 11) is 0. The van der Waals surface area contributed by atoms with Crippen LogP contribution in [0.3, 0.4) is 0 Å². The molecule has 3 rings (SSSR count). The average Bonchev–Trinajstić information content (AvgIpc) is 3.14. The average molecular weight is 329 g/mol. The number of carbonyl (C=O) groups is 1. The van der Waals surface area contributed by atoms with Crippen molar-refractivity contribution in [3.63, 3.8) is 0 Å². The van der Waals surface area contributed by atoms with Crippen LogP contribution in [0.2, 0.25) is 0 Å². The molecular formula is C19H23NO2S. The van der Waals surface area contributed by atoms with Gasteiger partial charge in [-0.15, -0.1) is 11.3 Å². The molecule has 0 N–H and O–H groups in total. The fourth-order valence-corrected chi connectivity index (χ4v) is 4.16. The lowest BCUT2D eigenvalue weighted by Crippen LogP contribution is -2.39. The van der Waals surface area contributed by atoms with Crippen molar-refractivity contribution in [1.29, 1.82) is 0 Å². The SMILES string of the molecule is Cc1cccc(OC(C)C(=O)N2CCCC2c2ccc(C)s2)c1. The number of carbonyl (C=O) groups excluding carboxylic acids is 1. The first kappa shape index (κ1) is 16.1. The zero-order valence-corrected chi connectivity index (χ0v) is 14.7. The maximum Gasteiger partial charge on any atom is 0.263 e. The molecule has 0 spiro atoms. The zero-order chi connectivity index (χ0) is 16.4. The number of benzene rings is 1. The monoisotopic (exact) mass is 329 g/mol. The third-order valence-electron chi connectivity index (χ3n) is 4.28. The highest BCUT2D eigenvalue weighted by atomic mass is 32.1. The van der Waals surface area contributed by atoms with E-state index < -0.39 is 6.10 Å². The van der Waals surface area contributed by atoms with Crippen LogP contribution in [-0.4, -0.2) is 23.5 Å². The van der Waals surface area contributed by atoms with E-state index in [9.17, 15) is 4.79 Å². The third kappa shape index (κ3) is 3.58. The summed E-state index contributed by atoms with van der Waals surface area (Å²) in [4.78, 5) is 17.4. The van der Waals surface area contributed by atoms with Gasteiger partial charge < -0.3 is 9.64 Å². The number of nitrogens with zero attached hydrogens (tertiary/aromatic N) is 1. The number of ether oxygens (including phenoxy) is 1. The Kier molecular flexibility index (Phi) is 4.71. The second kappa shape index (κ2) is 6.75. The highest BCUT2D eigenvalue weighted by molar-refractivity contribution is 7.12. The van der Waals surface area contributed by atoms with E-state index in [0.717, 1.165) is 30.7 Å². The van der Waals surface area contributed by atoms with Gasteiger partial charge >= 0.3 is 0 Å². The Bertz CT molecular complexity index is 694. The lowest BCUT2D eigenvalue weighted by atomic mass is 10.1. The van der Waals surface area contributed by atoms with E-state index in [0.29, 0.717) is 0 Å². The van der Waals surface area contributed by atoms with E-state index in [1.807, 2.05) is 43.0 Å². The van der Waals surface area contributed by atoms with Crippen molar-refractivity contribution in [3.05, 3.63) is 51.7 Å². The van der Waals surface area contributed by atoms with E-state index in [-0.39, 0.29) is 11.9 Å². The van der Waals surface area contributed by atoms with Gasteiger partial charge in [-0.2, -0.15) is 0 Å².